The summed E-state index contributed by atoms with van der Waals surface area (Å²) >= 11 is 1.83. The number of nitrogens with one attached hydrogen (secondary N) is 1. The van der Waals surface area contributed by atoms with Crippen LogP contribution in [0.5, 0.6) is 5.75 Å². The lowest BCUT2D eigenvalue weighted by molar-refractivity contribution is 0.424. The molecule has 2 aromatic rings. The lowest BCUT2D eigenvalue weighted by atomic mass is 10.0. The van der Waals surface area contributed by atoms with Crippen molar-refractivity contribution in [1.29, 1.82) is 0 Å². The average molecular weight is 287 g/mol. The normalized spacial score (nSPS) is 18.9. The molecule has 0 amide bonds. The van der Waals surface area contributed by atoms with Gasteiger partial charge in [-0.1, -0.05) is 31.5 Å². The predicted octanol–water partition coefficient (Wildman–Crippen LogP) is 4.57. The van der Waals surface area contributed by atoms with Crippen LogP contribution in [0, 0.1) is 0 Å². The highest BCUT2D eigenvalue weighted by molar-refractivity contribution is 7.10. The van der Waals surface area contributed by atoms with E-state index < -0.39 is 0 Å². The number of rotatable bonds is 5. The molecule has 1 aromatic carbocycles. The van der Waals surface area contributed by atoms with E-state index in [1.807, 2.05) is 17.4 Å². The van der Waals surface area contributed by atoms with Gasteiger partial charge in [0, 0.05) is 17.0 Å². The molecule has 1 heterocycles. The van der Waals surface area contributed by atoms with Crippen molar-refractivity contribution < 1.29 is 5.11 Å². The Balaban J connectivity index is 1.80. The third-order valence-corrected chi connectivity index (χ3v) is 5.10. The summed E-state index contributed by atoms with van der Waals surface area (Å²) in [5.74, 6) is 0.454. The minimum absolute atomic E-state index is 0.371. The van der Waals surface area contributed by atoms with E-state index in [0.717, 1.165) is 24.8 Å². The standard InChI is InChI=1S/C17H21NOS/c1-2-5-15(17-8-4-11-20-17)18-14-10-9-13-12(14)6-3-7-16(13)19/h3-4,6-8,11,14-15,18-19H,2,5,9-10H2,1H3. The van der Waals surface area contributed by atoms with E-state index in [-0.39, 0.29) is 0 Å². The maximum absolute atomic E-state index is 9.94. The van der Waals surface area contributed by atoms with E-state index in [9.17, 15) is 5.11 Å². The van der Waals surface area contributed by atoms with Crippen molar-refractivity contribution in [2.24, 2.45) is 0 Å². The molecule has 2 unspecified atom stereocenters. The van der Waals surface area contributed by atoms with Crippen LogP contribution in [-0.4, -0.2) is 5.11 Å². The zero-order valence-electron chi connectivity index (χ0n) is 11.8. The first-order chi connectivity index (χ1) is 9.79. The molecule has 0 bridgehead atoms. The van der Waals surface area contributed by atoms with Crippen molar-refractivity contribution in [1.82, 2.24) is 5.32 Å². The number of benzene rings is 1. The molecule has 0 radical (unpaired) electrons. The molecular formula is C17H21NOS. The molecule has 1 aliphatic rings. The molecule has 106 valence electrons. The number of hydrogen-bond acceptors (Lipinski definition) is 3. The molecule has 20 heavy (non-hydrogen) atoms. The summed E-state index contributed by atoms with van der Waals surface area (Å²) in [5.41, 5.74) is 2.41. The molecular weight excluding hydrogens is 266 g/mol. The first kappa shape index (κ1) is 13.7. The van der Waals surface area contributed by atoms with E-state index in [1.54, 1.807) is 6.07 Å². The number of hydrogen-bond donors (Lipinski definition) is 2. The predicted molar refractivity (Wildman–Crippen MR) is 84.3 cm³/mol. The van der Waals surface area contributed by atoms with Crippen LogP contribution in [0.4, 0.5) is 0 Å². The van der Waals surface area contributed by atoms with Crippen LogP contribution in [-0.2, 0) is 6.42 Å². The van der Waals surface area contributed by atoms with Gasteiger partial charge in [0.1, 0.15) is 5.75 Å². The minimum atomic E-state index is 0.371. The smallest absolute Gasteiger partial charge is 0.119 e. The summed E-state index contributed by atoms with van der Waals surface area (Å²) in [7, 11) is 0. The fourth-order valence-electron chi connectivity index (χ4n) is 3.14. The second-order valence-electron chi connectivity index (χ2n) is 5.46. The van der Waals surface area contributed by atoms with Crippen molar-refractivity contribution in [3.8, 4) is 5.75 Å². The minimum Gasteiger partial charge on any atom is -0.508 e. The Labute approximate surface area is 124 Å². The molecule has 1 aliphatic carbocycles. The van der Waals surface area contributed by atoms with Crippen molar-refractivity contribution in [3.63, 3.8) is 0 Å². The van der Waals surface area contributed by atoms with Crippen LogP contribution in [0.2, 0.25) is 0 Å². The van der Waals surface area contributed by atoms with E-state index in [2.05, 4.69) is 35.8 Å². The van der Waals surface area contributed by atoms with E-state index in [0.29, 0.717) is 17.8 Å². The van der Waals surface area contributed by atoms with Crippen molar-refractivity contribution >= 4 is 11.3 Å². The Bertz CT molecular complexity index is 564. The highest BCUT2D eigenvalue weighted by Crippen LogP contribution is 2.38. The Morgan fingerprint density at radius 2 is 2.25 bits per heavy atom. The number of fused-ring (bicyclic) bond motifs is 1. The van der Waals surface area contributed by atoms with Gasteiger partial charge in [0.25, 0.3) is 0 Å². The molecule has 0 fully saturated rings. The first-order valence-electron chi connectivity index (χ1n) is 7.39. The maximum Gasteiger partial charge on any atom is 0.119 e. The summed E-state index contributed by atoms with van der Waals surface area (Å²) in [6.45, 7) is 2.23. The van der Waals surface area contributed by atoms with Crippen molar-refractivity contribution in [3.05, 3.63) is 51.7 Å². The average Bonchev–Trinajstić information content (AvgIpc) is 3.09. The zero-order chi connectivity index (χ0) is 13.9. The van der Waals surface area contributed by atoms with Crippen LogP contribution in [0.3, 0.4) is 0 Å². The van der Waals surface area contributed by atoms with Gasteiger partial charge in [0.15, 0.2) is 0 Å². The van der Waals surface area contributed by atoms with Crippen LogP contribution >= 0.6 is 11.3 Å². The molecule has 0 aliphatic heterocycles. The van der Waals surface area contributed by atoms with Crippen molar-refractivity contribution in [2.45, 2.75) is 44.7 Å². The van der Waals surface area contributed by atoms with Crippen molar-refractivity contribution in [2.75, 3.05) is 0 Å². The first-order valence-corrected chi connectivity index (χ1v) is 8.27. The van der Waals surface area contributed by atoms with E-state index in [4.69, 9.17) is 0 Å². The maximum atomic E-state index is 9.94. The highest BCUT2D eigenvalue weighted by Gasteiger charge is 2.27. The van der Waals surface area contributed by atoms with Gasteiger partial charge in [-0.15, -0.1) is 11.3 Å². The summed E-state index contributed by atoms with van der Waals surface area (Å²) in [6, 6.07) is 11.0. The Kier molecular flexibility index (Phi) is 4.08. The Morgan fingerprint density at radius 3 is 3.00 bits per heavy atom. The largest absolute Gasteiger partial charge is 0.508 e. The quantitative estimate of drug-likeness (QED) is 0.844. The zero-order valence-corrected chi connectivity index (χ0v) is 12.6. The second kappa shape index (κ2) is 5.98. The summed E-state index contributed by atoms with van der Waals surface area (Å²) < 4.78 is 0. The summed E-state index contributed by atoms with van der Waals surface area (Å²) in [5, 5.41) is 15.9. The van der Waals surface area contributed by atoms with Gasteiger partial charge in [-0.2, -0.15) is 0 Å². The number of phenols is 1. The molecule has 2 atom stereocenters. The monoisotopic (exact) mass is 287 g/mol. The SMILES string of the molecule is CCCC(NC1CCc2c(O)cccc21)c1cccs1. The molecule has 3 rings (SSSR count). The van der Waals surface area contributed by atoms with Gasteiger partial charge in [-0.25, -0.2) is 0 Å². The fourth-order valence-corrected chi connectivity index (χ4v) is 3.96. The summed E-state index contributed by atoms with van der Waals surface area (Å²) in [4.78, 5) is 1.42. The number of thiophene rings is 1. The molecule has 0 saturated carbocycles. The van der Waals surface area contributed by atoms with Crippen LogP contribution in [0.15, 0.2) is 35.7 Å². The topological polar surface area (TPSA) is 32.3 Å². The highest BCUT2D eigenvalue weighted by atomic mass is 32.1. The lowest BCUT2D eigenvalue weighted by Gasteiger charge is -2.22. The Hall–Kier alpha value is -1.32. The number of aromatic hydroxyl groups is 1. The third-order valence-electron chi connectivity index (χ3n) is 4.11. The second-order valence-corrected chi connectivity index (χ2v) is 6.44. The number of phenolic OH excluding ortho intramolecular Hbond substituents is 1. The fraction of sp³-hybridized carbons (Fsp3) is 0.412. The van der Waals surface area contributed by atoms with Gasteiger partial charge in [0.2, 0.25) is 0 Å². The van der Waals surface area contributed by atoms with Gasteiger partial charge < -0.3 is 10.4 Å². The third kappa shape index (κ3) is 2.60. The van der Waals surface area contributed by atoms with Gasteiger partial charge in [-0.05, 0) is 47.9 Å². The van der Waals surface area contributed by atoms with Gasteiger partial charge >= 0.3 is 0 Å². The van der Waals surface area contributed by atoms with Gasteiger partial charge in [-0.3, -0.25) is 0 Å². The summed E-state index contributed by atoms with van der Waals surface area (Å²) in [6.07, 6.45) is 4.39. The molecule has 0 saturated heterocycles. The van der Waals surface area contributed by atoms with Crippen LogP contribution < -0.4 is 5.32 Å². The van der Waals surface area contributed by atoms with E-state index >= 15 is 0 Å². The molecule has 1 aromatic heterocycles. The molecule has 0 spiro atoms. The van der Waals surface area contributed by atoms with Crippen LogP contribution in [0.25, 0.3) is 0 Å². The Morgan fingerprint density at radius 1 is 1.35 bits per heavy atom. The molecule has 3 heteroatoms. The van der Waals surface area contributed by atoms with Gasteiger partial charge in [0.05, 0.1) is 0 Å². The molecule has 2 N–H and O–H groups in total. The van der Waals surface area contributed by atoms with Crippen LogP contribution in [0.1, 0.15) is 54.3 Å². The lowest BCUT2D eigenvalue weighted by Crippen LogP contribution is -2.24. The van der Waals surface area contributed by atoms with E-state index in [1.165, 1.54) is 16.9 Å². The molecule has 2 nitrogen and oxygen atoms in total.